The molecule has 1 aromatic heterocycles. The van der Waals surface area contributed by atoms with Crippen molar-refractivity contribution in [2.24, 2.45) is 0 Å². The van der Waals surface area contributed by atoms with Crippen molar-refractivity contribution in [2.75, 3.05) is 0 Å². The van der Waals surface area contributed by atoms with Crippen LogP contribution in [0.5, 0.6) is 0 Å². The molecule has 0 bridgehead atoms. The summed E-state index contributed by atoms with van der Waals surface area (Å²) in [6.45, 7) is 0. The largest absolute Gasteiger partial charge is 0.275 e. The molecular formula is C10H9F2N. The van der Waals surface area contributed by atoms with Gasteiger partial charge in [0.05, 0.1) is 5.69 Å². The fourth-order valence-electron chi connectivity index (χ4n) is 1.50. The van der Waals surface area contributed by atoms with Crippen LogP contribution in [0.2, 0.25) is 0 Å². The highest BCUT2D eigenvalue weighted by Gasteiger charge is 2.38. The van der Waals surface area contributed by atoms with Crippen molar-refractivity contribution in [2.45, 2.75) is 18.8 Å². The molecule has 0 saturated heterocycles. The molecule has 0 spiro atoms. The van der Waals surface area contributed by atoms with Crippen molar-refractivity contribution in [3.8, 4) is 0 Å². The van der Waals surface area contributed by atoms with E-state index < -0.39 is 5.92 Å². The van der Waals surface area contributed by atoms with E-state index in [0.717, 1.165) is 0 Å². The van der Waals surface area contributed by atoms with Crippen LogP contribution in [-0.2, 0) is 0 Å². The average molecular weight is 181 g/mol. The van der Waals surface area contributed by atoms with Crippen LogP contribution in [0.4, 0.5) is 8.78 Å². The third-order valence-electron chi connectivity index (χ3n) is 2.14. The Hall–Kier alpha value is -1.25. The molecule has 0 amide bonds. The van der Waals surface area contributed by atoms with Crippen molar-refractivity contribution in [3.05, 3.63) is 36.2 Å². The Balaban J connectivity index is 2.38. The maximum Gasteiger partial charge on any atom is 0.275 e. The summed E-state index contributed by atoms with van der Waals surface area (Å²) in [5, 5.41) is 0. The van der Waals surface area contributed by atoms with Crippen LogP contribution in [-0.4, -0.2) is 10.9 Å². The number of halogens is 2. The molecule has 0 unspecified atom stereocenters. The molecule has 1 aromatic rings. The zero-order valence-corrected chi connectivity index (χ0v) is 7.00. The highest BCUT2D eigenvalue weighted by Crippen LogP contribution is 2.40. The van der Waals surface area contributed by atoms with Crippen LogP contribution in [0.1, 0.15) is 18.5 Å². The Morgan fingerprint density at radius 3 is 2.69 bits per heavy atom. The molecule has 0 atom stereocenters. The first-order valence-corrected chi connectivity index (χ1v) is 4.20. The normalized spacial score (nSPS) is 20.0. The number of nitrogens with zero attached hydrogens (tertiary/aromatic N) is 1. The third-order valence-corrected chi connectivity index (χ3v) is 2.14. The predicted octanol–water partition coefficient (Wildman–Crippen LogP) is 2.89. The Kier molecular flexibility index (Phi) is 1.87. The summed E-state index contributed by atoms with van der Waals surface area (Å²) < 4.78 is 26.4. The molecule has 2 rings (SSSR count). The Bertz CT molecular complexity index is 330. The Morgan fingerprint density at radius 1 is 1.31 bits per heavy atom. The van der Waals surface area contributed by atoms with E-state index in [4.69, 9.17) is 0 Å². The van der Waals surface area contributed by atoms with Gasteiger partial charge in [0.1, 0.15) is 0 Å². The lowest BCUT2D eigenvalue weighted by atomic mass is 10.1. The first-order valence-electron chi connectivity index (χ1n) is 4.20. The van der Waals surface area contributed by atoms with Gasteiger partial charge in [0.25, 0.3) is 5.92 Å². The van der Waals surface area contributed by atoms with E-state index in [1.807, 2.05) is 0 Å². The highest BCUT2D eigenvalue weighted by molar-refractivity contribution is 5.70. The van der Waals surface area contributed by atoms with Gasteiger partial charge in [-0.25, -0.2) is 8.78 Å². The molecule has 13 heavy (non-hydrogen) atoms. The van der Waals surface area contributed by atoms with Gasteiger partial charge in [-0.15, -0.1) is 0 Å². The highest BCUT2D eigenvalue weighted by atomic mass is 19.3. The minimum Gasteiger partial charge on any atom is -0.256 e. The van der Waals surface area contributed by atoms with E-state index in [9.17, 15) is 8.78 Å². The van der Waals surface area contributed by atoms with Gasteiger partial charge in [0.15, 0.2) is 0 Å². The molecular weight excluding hydrogens is 172 g/mol. The third kappa shape index (κ3) is 1.46. The van der Waals surface area contributed by atoms with Crippen molar-refractivity contribution in [3.63, 3.8) is 0 Å². The molecule has 3 heteroatoms. The lowest BCUT2D eigenvalue weighted by molar-refractivity contribution is 0.0658. The summed E-state index contributed by atoms with van der Waals surface area (Å²) in [7, 11) is 0. The summed E-state index contributed by atoms with van der Waals surface area (Å²) in [4.78, 5) is 3.91. The summed E-state index contributed by atoms with van der Waals surface area (Å²) in [6.07, 6.45) is 3.46. The topological polar surface area (TPSA) is 12.9 Å². The molecule has 1 heterocycles. The molecule has 0 radical (unpaired) electrons. The van der Waals surface area contributed by atoms with Gasteiger partial charge in [-0.05, 0) is 18.6 Å². The van der Waals surface area contributed by atoms with E-state index >= 15 is 0 Å². The van der Waals surface area contributed by atoms with Gasteiger partial charge in [0.2, 0.25) is 0 Å². The quantitative estimate of drug-likeness (QED) is 0.649. The minimum absolute atomic E-state index is 0.0769. The van der Waals surface area contributed by atoms with Crippen LogP contribution in [0.15, 0.2) is 30.5 Å². The number of allylic oxidation sites excluding steroid dienone is 2. The number of rotatable bonds is 1. The monoisotopic (exact) mass is 181 g/mol. The Labute approximate surface area is 75.1 Å². The van der Waals surface area contributed by atoms with E-state index in [2.05, 4.69) is 4.98 Å². The van der Waals surface area contributed by atoms with Crippen LogP contribution >= 0.6 is 0 Å². The van der Waals surface area contributed by atoms with Gasteiger partial charge in [-0.3, -0.25) is 4.98 Å². The lowest BCUT2D eigenvalue weighted by Crippen LogP contribution is -2.13. The second kappa shape index (κ2) is 2.91. The molecule has 0 saturated carbocycles. The summed E-state index contributed by atoms with van der Waals surface area (Å²) in [5.74, 6) is -2.69. The first kappa shape index (κ1) is 8.35. The molecule has 0 aliphatic heterocycles. The summed E-state index contributed by atoms with van der Waals surface area (Å²) >= 11 is 0. The number of hydrogen-bond donors (Lipinski definition) is 0. The van der Waals surface area contributed by atoms with Crippen LogP contribution < -0.4 is 0 Å². The van der Waals surface area contributed by atoms with E-state index in [-0.39, 0.29) is 12.0 Å². The van der Waals surface area contributed by atoms with Gasteiger partial charge in [-0.1, -0.05) is 12.1 Å². The molecule has 0 aromatic carbocycles. The SMILES string of the molecule is FC1(F)CCC=C1c1ccccn1. The first-order chi connectivity index (χ1) is 6.20. The maximum absolute atomic E-state index is 13.2. The molecule has 68 valence electrons. The maximum atomic E-state index is 13.2. The number of aromatic nitrogens is 1. The van der Waals surface area contributed by atoms with Crippen molar-refractivity contribution in [1.82, 2.24) is 4.98 Å². The van der Waals surface area contributed by atoms with Crippen molar-refractivity contribution < 1.29 is 8.78 Å². The molecule has 1 aliphatic rings. The van der Waals surface area contributed by atoms with Crippen molar-refractivity contribution >= 4 is 5.57 Å². The molecule has 0 N–H and O–H groups in total. The minimum atomic E-state index is -2.69. The fraction of sp³-hybridized carbons (Fsp3) is 0.300. The lowest BCUT2D eigenvalue weighted by Gasteiger charge is -2.12. The second-order valence-corrected chi connectivity index (χ2v) is 3.08. The van der Waals surface area contributed by atoms with Crippen LogP contribution in [0.3, 0.4) is 0 Å². The van der Waals surface area contributed by atoms with Gasteiger partial charge in [0, 0.05) is 18.2 Å². The van der Waals surface area contributed by atoms with E-state index in [1.165, 1.54) is 6.20 Å². The summed E-state index contributed by atoms with van der Waals surface area (Å²) in [6, 6.07) is 5.06. The summed E-state index contributed by atoms with van der Waals surface area (Å²) in [5.41, 5.74) is 0.470. The van der Waals surface area contributed by atoms with Crippen LogP contribution in [0, 0.1) is 0 Å². The Morgan fingerprint density at radius 2 is 2.15 bits per heavy atom. The number of hydrogen-bond acceptors (Lipinski definition) is 1. The van der Waals surface area contributed by atoms with Crippen molar-refractivity contribution in [1.29, 1.82) is 0 Å². The number of alkyl halides is 2. The van der Waals surface area contributed by atoms with Gasteiger partial charge < -0.3 is 0 Å². The number of pyridine rings is 1. The molecule has 0 fully saturated rings. The molecule has 1 aliphatic carbocycles. The molecule has 1 nitrogen and oxygen atoms in total. The average Bonchev–Trinajstić information content (AvgIpc) is 2.47. The van der Waals surface area contributed by atoms with Gasteiger partial charge >= 0.3 is 0 Å². The smallest absolute Gasteiger partial charge is 0.256 e. The van der Waals surface area contributed by atoms with E-state index in [0.29, 0.717) is 12.1 Å². The van der Waals surface area contributed by atoms with Gasteiger partial charge in [-0.2, -0.15) is 0 Å². The predicted molar refractivity (Wildman–Crippen MR) is 46.4 cm³/mol. The standard InChI is InChI=1S/C10H9F2N/c11-10(12)6-3-4-8(10)9-5-1-2-7-13-9/h1-2,4-5,7H,3,6H2. The van der Waals surface area contributed by atoms with Crippen LogP contribution in [0.25, 0.3) is 5.57 Å². The zero-order chi connectivity index (χ0) is 9.31. The second-order valence-electron chi connectivity index (χ2n) is 3.08. The zero-order valence-electron chi connectivity index (χ0n) is 7.00. The fourth-order valence-corrected chi connectivity index (χ4v) is 1.50. The van der Waals surface area contributed by atoms with E-state index in [1.54, 1.807) is 24.3 Å².